The van der Waals surface area contributed by atoms with Gasteiger partial charge in [-0.2, -0.15) is 0 Å². The molecule has 2 nitrogen and oxygen atoms in total. The highest BCUT2D eigenvalue weighted by Crippen LogP contribution is 2.29. The molecule has 0 aromatic rings. The maximum absolute atomic E-state index is 4.61. The first kappa shape index (κ1) is 26.0. The molecule has 1 aliphatic rings. The van der Waals surface area contributed by atoms with Crippen molar-refractivity contribution in [3.63, 3.8) is 0 Å². The molecule has 0 aromatic heterocycles. The lowest BCUT2D eigenvalue weighted by molar-refractivity contribution is 0.238. The molecule has 154 valence electrons. The zero-order valence-electron chi connectivity index (χ0n) is 18.2. The maximum Gasteiger partial charge on any atom is 0.0145 e. The van der Waals surface area contributed by atoms with E-state index in [0.717, 1.165) is 5.57 Å². The highest BCUT2D eigenvalue weighted by atomic mass is 32.2. The number of hydrogen-bond donors (Lipinski definition) is 1. The topological polar surface area (TPSA) is 29.3 Å². The molecule has 1 rings (SSSR count). The highest BCUT2D eigenvalue weighted by molar-refractivity contribution is 8.06. The van der Waals surface area contributed by atoms with Gasteiger partial charge in [-0.1, -0.05) is 68.0 Å². The summed E-state index contributed by atoms with van der Waals surface area (Å²) in [6.07, 6.45) is 14.2. The van der Waals surface area contributed by atoms with Crippen molar-refractivity contribution in [2.75, 3.05) is 20.1 Å². The Balaban J connectivity index is 0.00000227. The second-order valence-electron chi connectivity index (χ2n) is 6.79. The van der Waals surface area contributed by atoms with Crippen LogP contribution in [0.15, 0.2) is 95.5 Å². The predicted octanol–water partition coefficient (Wildman–Crippen LogP) is 6.76. The minimum absolute atomic E-state index is 0.674. The molecule has 3 heteroatoms. The molecule has 1 heterocycles. The Morgan fingerprint density at radius 2 is 1.61 bits per heavy atom. The summed E-state index contributed by atoms with van der Waals surface area (Å²) in [7, 11) is 2.21. The van der Waals surface area contributed by atoms with Crippen LogP contribution in [0, 0.1) is 5.92 Å². The van der Waals surface area contributed by atoms with E-state index in [2.05, 4.69) is 76.1 Å². The van der Waals surface area contributed by atoms with Crippen LogP contribution in [0.3, 0.4) is 0 Å². The lowest BCUT2D eigenvalue weighted by Gasteiger charge is -2.29. The number of rotatable bonds is 8. The van der Waals surface area contributed by atoms with Crippen molar-refractivity contribution in [1.29, 1.82) is 0 Å². The van der Waals surface area contributed by atoms with Gasteiger partial charge in [-0.15, -0.1) is 0 Å². The Hall–Kier alpha value is -1.97. The third-order valence-corrected chi connectivity index (χ3v) is 5.69. The van der Waals surface area contributed by atoms with Crippen LogP contribution in [0.5, 0.6) is 0 Å². The summed E-state index contributed by atoms with van der Waals surface area (Å²) in [5, 5.41) is 1.86. The van der Waals surface area contributed by atoms with Crippen molar-refractivity contribution in [2.45, 2.75) is 33.6 Å². The number of thioether (sulfide) groups is 1. The van der Waals surface area contributed by atoms with Crippen molar-refractivity contribution in [3.05, 3.63) is 95.5 Å². The first-order valence-electron chi connectivity index (χ1n) is 9.69. The molecular formula is C25H38N2S. The van der Waals surface area contributed by atoms with Crippen LogP contribution in [-0.2, 0) is 0 Å². The van der Waals surface area contributed by atoms with Crippen LogP contribution in [0.1, 0.15) is 33.6 Å². The molecule has 1 aliphatic heterocycles. The number of allylic oxidation sites excluding steroid dienone is 9. The summed E-state index contributed by atoms with van der Waals surface area (Å²) in [6.45, 7) is 23.7. The van der Waals surface area contributed by atoms with Crippen molar-refractivity contribution >= 4 is 11.8 Å². The molecule has 0 aromatic carbocycles. The molecule has 1 fully saturated rings. The van der Waals surface area contributed by atoms with E-state index in [0.29, 0.717) is 5.92 Å². The van der Waals surface area contributed by atoms with Gasteiger partial charge in [0.15, 0.2) is 0 Å². The van der Waals surface area contributed by atoms with Gasteiger partial charge in [0, 0.05) is 4.91 Å². The second-order valence-corrected chi connectivity index (χ2v) is 7.79. The zero-order chi connectivity index (χ0) is 21.5. The number of piperidine rings is 1. The van der Waals surface area contributed by atoms with Gasteiger partial charge in [0.25, 0.3) is 0 Å². The molecule has 0 aliphatic carbocycles. The lowest BCUT2D eigenvalue weighted by atomic mass is 9.88. The van der Waals surface area contributed by atoms with Gasteiger partial charge in [0.05, 0.1) is 0 Å². The van der Waals surface area contributed by atoms with E-state index in [9.17, 15) is 0 Å². The number of hydrogen-bond acceptors (Lipinski definition) is 3. The molecular weight excluding hydrogens is 360 g/mol. The zero-order valence-corrected chi connectivity index (χ0v) is 19.0. The standard InChI is InChI=1S/C23H33NS.C2H5N/c1-8-18(5)22(17-20(9-2)23(10-3)25-11-4)16-19(6)21-12-14-24(7)15-13-21;1-2-3/h8-11,16-17,21H,1-2,4,12-15H2,3,5-7H3;2H,1,3H2/b19-16+,20-17+,22-18+,23-10-;. The second kappa shape index (κ2) is 15.0. The fraction of sp³-hybridized carbons (Fsp3) is 0.360. The first-order valence-corrected chi connectivity index (χ1v) is 10.6. The average Bonchev–Trinajstić information content (AvgIpc) is 2.69. The van der Waals surface area contributed by atoms with Gasteiger partial charge in [0.2, 0.25) is 0 Å². The normalized spacial score (nSPS) is 17.8. The van der Waals surface area contributed by atoms with E-state index >= 15 is 0 Å². The lowest BCUT2D eigenvalue weighted by Crippen LogP contribution is -2.30. The minimum atomic E-state index is 0.674. The van der Waals surface area contributed by atoms with Crippen molar-refractivity contribution in [1.82, 2.24) is 4.90 Å². The number of likely N-dealkylation sites (tertiary alicyclic amines) is 1. The third kappa shape index (κ3) is 9.29. The molecule has 0 spiro atoms. The highest BCUT2D eigenvalue weighted by Gasteiger charge is 2.18. The third-order valence-electron chi connectivity index (χ3n) is 4.80. The summed E-state index contributed by atoms with van der Waals surface area (Å²) in [5.41, 5.74) is 9.59. The van der Waals surface area contributed by atoms with Crippen LogP contribution < -0.4 is 5.73 Å². The van der Waals surface area contributed by atoms with Crippen LogP contribution in [0.2, 0.25) is 0 Å². The van der Waals surface area contributed by atoms with Gasteiger partial charge in [-0.3, -0.25) is 0 Å². The van der Waals surface area contributed by atoms with Crippen LogP contribution in [0.25, 0.3) is 0 Å². The molecule has 0 amide bonds. The number of nitrogens with two attached hydrogens (primary N) is 1. The smallest absolute Gasteiger partial charge is 0.0145 e. The largest absolute Gasteiger partial charge is 0.405 e. The summed E-state index contributed by atoms with van der Waals surface area (Å²) >= 11 is 1.63. The SMILES string of the molecule is C=CN.C=CSC(=C\C)/C(C=C)=C/C(/C=C(\C)C1CCN(C)CC1)=C(\C)C=C. The Morgan fingerprint density at radius 3 is 2.04 bits per heavy atom. The van der Waals surface area contributed by atoms with E-state index in [1.54, 1.807) is 11.8 Å². The van der Waals surface area contributed by atoms with E-state index in [-0.39, 0.29) is 0 Å². The Bertz CT molecular complexity index is 654. The van der Waals surface area contributed by atoms with E-state index < -0.39 is 0 Å². The monoisotopic (exact) mass is 398 g/mol. The van der Waals surface area contributed by atoms with Crippen LogP contribution >= 0.6 is 11.8 Å². The van der Waals surface area contributed by atoms with Crippen molar-refractivity contribution < 1.29 is 0 Å². The first-order chi connectivity index (χ1) is 13.4. The molecule has 0 atom stereocenters. The van der Waals surface area contributed by atoms with Gasteiger partial charge in [-0.25, -0.2) is 0 Å². The Kier molecular flexibility index (Phi) is 14.0. The maximum atomic E-state index is 4.61. The molecule has 1 saturated heterocycles. The van der Waals surface area contributed by atoms with Crippen molar-refractivity contribution in [3.8, 4) is 0 Å². The molecule has 0 bridgehead atoms. The van der Waals surface area contributed by atoms with E-state index in [1.165, 1.54) is 53.8 Å². The Labute approximate surface area is 177 Å². The van der Waals surface area contributed by atoms with Crippen LogP contribution in [0.4, 0.5) is 0 Å². The quantitative estimate of drug-likeness (QED) is 0.458. The fourth-order valence-electron chi connectivity index (χ4n) is 3.00. The molecule has 0 radical (unpaired) electrons. The van der Waals surface area contributed by atoms with Gasteiger partial charge >= 0.3 is 0 Å². The predicted molar refractivity (Wildman–Crippen MR) is 131 cm³/mol. The molecule has 2 N–H and O–H groups in total. The van der Waals surface area contributed by atoms with E-state index in [1.807, 2.05) is 24.5 Å². The fourth-order valence-corrected chi connectivity index (χ4v) is 3.60. The minimum Gasteiger partial charge on any atom is -0.405 e. The van der Waals surface area contributed by atoms with Crippen LogP contribution in [-0.4, -0.2) is 25.0 Å². The van der Waals surface area contributed by atoms with Gasteiger partial charge in [0.1, 0.15) is 0 Å². The summed E-state index contributed by atoms with van der Waals surface area (Å²) in [6, 6.07) is 0. The molecule has 0 unspecified atom stereocenters. The van der Waals surface area contributed by atoms with Crippen molar-refractivity contribution in [2.24, 2.45) is 11.7 Å². The number of nitrogens with zero attached hydrogens (tertiary/aromatic N) is 1. The molecule has 28 heavy (non-hydrogen) atoms. The van der Waals surface area contributed by atoms with Gasteiger partial charge < -0.3 is 10.6 Å². The van der Waals surface area contributed by atoms with E-state index in [4.69, 9.17) is 0 Å². The summed E-state index contributed by atoms with van der Waals surface area (Å²) in [5.74, 6) is 0.674. The Morgan fingerprint density at radius 1 is 1.04 bits per heavy atom. The summed E-state index contributed by atoms with van der Waals surface area (Å²) in [4.78, 5) is 3.58. The average molecular weight is 399 g/mol. The molecule has 0 saturated carbocycles. The summed E-state index contributed by atoms with van der Waals surface area (Å²) < 4.78 is 0. The van der Waals surface area contributed by atoms with Gasteiger partial charge in [-0.05, 0) is 94.1 Å².